The predicted molar refractivity (Wildman–Crippen MR) is 64.8 cm³/mol. The lowest BCUT2D eigenvalue weighted by atomic mass is 10.1. The van der Waals surface area contributed by atoms with Crippen LogP contribution in [-0.4, -0.2) is 48.7 Å². The molecule has 0 aromatic carbocycles. The molecule has 106 valence electrons. The fraction of sp³-hybridized carbons (Fsp3) is 0.917. The van der Waals surface area contributed by atoms with E-state index in [0.717, 1.165) is 12.8 Å². The maximum absolute atomic E-state index is 12.3. The van der Waals surface area contributed by atoms with Gasteiger partial charge >= 0.3 is 6.09 Å². The van der Waals surface area contributed by atoms with E-state index in [9.17, 15) is 13.6 Å². The third-order valence-electron chi connectivity index (χ3n) is 2.62. The summed E-state index contributed by atoms with van der Waals surface area (Å²) in [6.07, 6.45) is -1.19. The molecule has 1 atom stereocenters. The molecule has 1 heterocycles. The zero-order valence-electron chi connectivity index (χ0n) is 11.2. The SMILES string of the molecule is CC(C)(C)OC(=O)N[C@@H]1CCCN(CC(F)F)C1. The number of halogens is 2. The number of rotatable bonds is 3. The van der Waals surface area contributed by atoms with Crippen LogP contribution in [0.5, 0.6) is 0 Å². The first-order chi connectivity index (χ1) is 8.26. The quantitative estimate of drug-likeness (QED) is 0.850. The number of piperidine rings is 1. The molecule has 0 aromatic heterocycles. The lowest BCUT2D eigenvalue weighted by molar-refractivity contribution is 0.0426. The van der Waals surface area contributed by atoms with Crippen molar-refractivity contribution < 1.29 is 18.3 Å². The monoisotopic (exact) mass is 264 g/mol. The van der Waals surface area contributed by atoms with E-state index < -0.39 is 18.1 Å². The second-order valence-corrected chi connectivity index (χ2v) is 5.64. The van der Waals surface area contributed by atoms with Gasteiger partial charge in [-0.05, 0) is 40.2 Å². The number of amides is 1. The van der Waals surface area contributed by atoms with Crippen molar-refractivity contribution in [2.75, 3.05) is 19.6 Å². The first-order valence-corrected chi connectivity index (χ1v) is 6.26. The minimum Gasteiger partial charge on any atom is -0.444 e. The molecule has 0 unspecified atom stereocenters. The molecule has 0 aliphatic carbocycles. The first-order valence-electron chi connectivity index (χ1n) is 6.26. The Morgan fingerprint density at radius 1 is 1.50 bits per heavy atom. The Hall–Kier alpha value is -0.910. The molecule has 18 heavy (non-hydrogen) atoms. The largest absolute Gasteiger partial charge is 0.444 e. The Kier molecular flexibility index (Phi) is 5.31. The van der Waals surface area contributed by atoms with Crippen LogP contribution in [0.2, 0.25) is 0 Å². The Morgan fingerprint density at radius 3 is 2.72 bits per heavy atom. The minimum atomic E-state index is -2.33. The van der Waals surface area contributed by atoms with E-state index in [4.69, 9.17) is 4.74 Å². The average molecular weight is 264 g/mol. The Bertz CT molecular complexity index is 280. The lowest BCUT2D eigenvalue weighted by Gasteiger charge is -2.33. The number of hydrogen-bond donors (Lipinski definition) is 1. The van der Waals surface area contributed by atoms with Crippen LogP contribution < -0.4 is 5.32 Å². The second kappa shape index (κ2) is 6.31. The molecule has 0 bridgehead atoms. The number of hydrogen-bond acceptors (Lipinski definition) is 3. The van der Waals surface area contributed by atoms with Crippen LogP contribution >= 0.6 is 0 Å². The van der Waals surface area contributed by atoms with Gasteiger partial charge in [0.1, 0.15) is 5.60 Å². The van der Waals surface area contributed by atoms with Gasteiger partial charge in [0.2, 0.25) is 0 Å². The van der Waals surface area contributed by atoms with Gasteiger partial charge in [0.15, 0.2) is 0 Å². The first kappa shape index (κ1) is 15.1. The molecule has 1 fully saturated rings. The molecular formula is C12H22F2N2O2. The van der Waals surface area contributed by atoms with E-state index in [1.54, 1.807) is 25.7 Å². The van der Waals surface area contributed by atoms with Crippen LogP contribution in [0.15, 0.2) is 0 Å². The highest BCUT2D eigenvalue weighted by Gasteiger charge is 2.25. The third kappa shape index (κ3) is 6.14. The maximum Gasteiger partial charge on any atom is 0.407 e. The lowest BCUT2D eigenvalue weighted by Crippen LogP contribution is -2.49. The Morgan fingerprint density at radius 2 is 2.17 bits per heavy atom. The molecular weight excluding hydrogens is 242 g/mol. The van der Waals surface area contributed by atoms with Gasteiger partial charge in [0, 0.05) is 12.6 Å². The smallest absolute Gasteiger partial charge is 0.407 e. The van der Waals surface area contributed by atoms with E-state index in [1.165, 1.54) is 0 Å². The summed E-state index contributed by atoms with van der Waals surface area (Å²) in [7, 11) is 0. The molecule has 1 rings (SSSR count). The Labute approximate surface area is 107 Å². The van der Waals surface area contributed by atoms with Crippen molar-refractivity contribution in [2.45, 2.75) is 51.7 Å². The molecule has 1 aliphatic heterocycles. The van der Waals surface area contributed by atoms with Crippen LogP contribution in [0.4, 0.5) is 13.6 Å². The summed E-state index contributed by atoms with van der Waals surface area (Å²) in [4.78, 5) is 13.2. The number of alkyl carbamates (subject to hydrolysis) is 1. The molecule has 0 spiro atoms. The van der Waals surface area contributed by atoms with Crippen molar-refractivity contribution in [3.05, 3.63) is 0 Å². The fourth-order valence-corrected chi connectivity index (χ4v) is 2.01. The number of alkyl halides is 2. The van der Waals surface area contributed by atoms with Crippen LogP contribution in [0.3, 0.4) is 0 Å². The molecule has 1 N–H and O–H groups in total. The van der Waals surface area contributed by atoms with Gasteiger partial charge in [-0.3, -0.25) is 4.90 Å². The number of carbonyl (C=O) groups is 1. The number of nitrogens with one attached hydrogen (secondary N) is 1. The maximum atomic E-state index is 12.3. The fourth-order valence-electron chi connectivity index (χ4n) is 2.01. The second-order valence-electron chi connectivity index (χ2n) is 5.64. The van der Waals surface area contributed by atoms with Crippen LogP contribution in [0.1, 0.15) is 33.6 Å². The normalized spacial score (nSPS) is 22.0. The average Bonchev–Trinajstić information content (AvgIpc) is 2.13. The van der Waals surface area contributed by atoms with Crippen LogP contribution in [-0.2, 0) is 4.74 Å². The standard InChI is InChI=1S/C12H22F2N2O2/c1-12(2,3)18-11(17)15-9-5-4-6-16(7-9)8-10(13)14/h9-10H,4-8H2,1-3H3,(H,15,17)/t9-/m1/s1. The zero-order valence-corrected chi connectivity index (χ0v) is 11.2. The summed E-state index contributed by atoms with van der Waals surface area (Å²) in [5.74, 6) is 0. The summed E-state index contributed by atoms with van der Waals surface area (Å²) < 4.78 is 29.7. The van der Waals surface area contributed by atoms with Gasteiger partial charge in [0.25, 0.3) is 6.43 Å². The van der Waals surface area contributed by atoms with E-state index >= 15 is 0 Å². The van der Waals surface area contributed by atoms with Crippen LogP contribution in [0.25, 0.3) is 0 Å². The number of carbonyl (C=O) groups excluding carboxylic acids is 1. The molecule has 1 aliphatic rings. The molecule has 0 aromatic rings. The van der Waals surface area contributed by atoms with E-state index in [2.05, 4.69) is 5.32 Å². The summed E-state index contributed by atoms with van der Waals surface area (Å²) in [5.41, 5.74) is -0.540. The van der Waals surface area contributed by atoms with Crippen molar-refractivity contribution in [2.24, 2.45) is 0 Å². The summed E-state index contributed by atoms with van der Waals surface area (Å²) in [5, 5.41) is 2.73. The molecule has 1 saturated heterocycles. The van der Waals surface area contributed by atoms with Crippen molar-refractivity contribution >= 4 is 6.09 Å². The number of ether oxygens (including phenoxy) is 1. The van der Waals surface area contributed by atoms with Crippen molar-refractivity contribution in [1.82, 2.24) is 10.2 Å². The Balaban J connectivity index is 2.36. The third-order valence-corrected chi connectivity index (χ3v) is 2.62. The van der Waals surface area contributed by atoms with Gasteiger partial charge in [-0.15, -0.1) is 0 Å². The van der Waals surface area contributed by atoms with Gasteiger partial charge in [-0.1, -0.05) is 0 Å². The van der Waals surface area contributed by atoms with Gasteiger partial charge < -0.3 is 10.1 Å². The van der Waals surface area contributed by atoms with Crippen molar-refractivity contribution in [3.63, 3.8) is 0 Å². The molecule has 0 saturated carbocycles. The van der Waals surface area contributed by atoms with Crippen LogP contribution in [0, 0.1) is 0 Å². The number of nitrogens with zero attached hydrogens (tertiary/aromatic N) is 1. The van der Waals surface area contributed by atoms with Gasteiger partial charge in [-0.25, -0.2) is 13.6 Å². The number of likely N-dealkylation sites (tertiary alicyclic amines) is 1. The predicted octanol–water partition coefficient (Wildman–Crippen LogP) is 2.24. The summed E-state index contributed by atoms with van der Waals surface area (Å²) >= 11 is 0. The molecule has 6 heteroatoms. The molecule has 1 amide bonds. The van der Waals surface area contributed by atoms with E-state index in [1.807, 2.05) is 0 Å². The van der Waals surface area contributed by atoms with Gasteiger partial charge in [0.05, 0.1) is 6.54 Å². The topological polar surface area (TPSA) is 41.6 Å². The van der Waals surface area contributed by atoms with E-state index in [-0.39, 0.29) is 12.6 Å². The van der Waals surface area contributed by atoms with E-state index in [0.29, 0.717) is 13.1 Å². The summed E-state index contributed by atoms with van der Waals surface area (Å²) in [6, 6.07) is -0.104. The van der Waals surface area contributed by atoms with Crippen molar-refractivity contribution in [1.29, 1.82) is 0 Å². The zero-order chi connectivity index (χ0) is 13.8. The highest BCUT2D eigenvalue weighted by atomic mass is 19.3. The van der Waals surface area contributed by atoms with Crippen molar-refractivity contribution in [3.8, 4) is 0 Å². The molecule has 0 radical (unpaired) electrons. The minimum absolute atomic E-state index is 0.104. The summed E-state index contributed by atoms with van der Waals surface area (Å²) in [6.45, 7) is 6.26. The molecule has 4 nitrogen and oxygen atoms in total. The van der Waals surface area contributed by atoms with Gasteiger partial charge in [-0.2, -0.15) is 0 Å². The highest BCUT2D eigenvalue weighted by Crippen LogP contribution is 2.13. The highest BCUT2D eigenvalue weighted by molar-refractivity contribution is 5.68.